The van der Waals surface area contributed by atoms with E-state index in [1.807, 2.05) is 19.9 Å². The fraction of sp³-hybridized carbons (Fsp3) is 0.562. The van der Waals surface area contributed by atoms with Gasteiger partial charge in [0.15, 0.2) is 0 Å². The highest BCUT2D eigenvalue weighted by Gasteiger charge is 2.23. The van der Waals surface area contributed by atoms with Crippen molar-refractivity contribution in [3.63, 3.8) is 0 Å². The van der Waals surface area contributed by atoms with Crippen molar-refractivity contribution >= 4 is 11.5 Å². The Balaban J connectivity index is 2.73. The van der Waals surface area contributed by atoms with Crippen molar-refractivity contribution in [2.24, 2.45) is 16.3 Å². The Kier molecular flexibility index (Phi) is 5.03. The van der Waals surface area contributed by atoms with Crippen LogP contribution in [0.3, 0.4) is 0 Å². The summed E-state index contributed by atoms with van der Waals surface area (Å²) >= 11 is 0. The average Bonchev–Trinajstić information content (AvgIpc) is 2.37. The van der Waals surface area contributed by atoms with Crippen LogP contribution in [-0.2, 0) is 5.41 Å². The number of rotatable bonds is 5. The van der Waals surface area contributed by atoms with Crippen LogP contribution in [0.1, 0.15) is 46.6 Å². The van der Waals surface area contributed by atoms with Crippen LogP contribution in [0.2, 0.25) is 0 Å². The molecule has 0 atom stereocenters. The van der Waals surface area contributed by atoms with Gasteiger partial charge in [0, 0.05) is 17.6 Å². The minimum absolute atomic E-state index is 0.102. The molecule has 0 spiro atoms. The first-order chi connectivity index (χ1) is 9.18. The van der Waals surface area contributed by atoms with Gasteiger partial charge in [-0.2, -0.15) is 0 Å². The fourth-order valence-corrected chi connectivity index (χ4v) is 2.06. The maximum absolute atomic E-state index is 8.78. The fourth-order valence-electron chi connectivity index (χ4n) is 2.06. The monoisotopic (exact) mass is 277 g/mol. The summed E-state index contributed by atoms with van der Waals surface area (Å²) in [5, 5.41) is 15.4. The highest BCUT2D eigenvalue weighted by molar-refractivity contribution is 5.85. The molecule has 0 unspecified atom stereocenters. The van der Waals surface area contributed by atoms with Crippen LogP contribution in [0.15, 0.2) is 29.4 Å². The highest BCUT2D eigenvalue weighted by atomic mass is 16.4. The molecule has 0 aliphatic carbocycles. The SMILES string of the molecule is CC(C)(CCNc1ccccc1C(C)(C)C)C(N)=NO. The summed E-state index contributed by atoms with van der Waals surface area (Å²) in [6.45, 7) is 11.3. The highest BCUT2D eigenvalue weighted by Crippen LogP contribution is 2.29. The third kappa shape index (κ3) is 4.15. The Labute approximate surface area is 122 Å². The summed E-state index contributed by atoms with van der Waals surface area (Å²) in [5.74, 6) is 0.267. The van der Waals surface area contributed by atoms with E-state index in [0.29, 0.717) is 0 Å². The summed E-state index contributed by atoms with van der Waals surface area (Å²) < 4.78 is 0. The molecule has 1 aromatic rings. The third-order valence-electron chi connectivity index (χ3n) is 3.60. The Hall–Kier alpha value is -1.71. The lowest BCUT2D eigenvalue weighted by Gasteiger charge is -2.26. The Morgan fingerprint density at radius 3 is 2.35 bits per heavy atom. The van der Waals surface area contributed by atoms with Gasteiger partial charge in [-0.15, -0.1) is 0 Å². The molecule has 4 heteroatoms. The summed E-state index contributed by atoms with van der Waals surface area (Å²) in [6.07, 6.45) is 0.793. The summed E-state index contributed by atoms with van der Waals surface area (Å²) in [6, 6.07) is 8.34. The van der Waals surface area contributed by atoms with Crippen molar-refractivity contribution in [3.8, 4) is 0 Å². The van der Waals surface area contributed by atoms with Crippen LogP contribution in [0.4, 0.5) is 5.69 Å². The molecule has 0 bridgehead atoms. The second-order valence-electron chi connectivity index (χ2n) is 6.84. The van der Waals surface area contributed by atoms with Crippen molar-refractivity contribution in [1.82, 2.24) is 0 Å². The number of nitrogens with one attached hydrogen (secondary N) is 1. The van der Waals surface area contributed by atoms with Crippen molar-refractivity contribution in [3.05, 3.63) is 29.8 Å². The predicted molar refractivity (Wildman–Crippen MR) is 85.4 cm³/mol. The second-order valence-corrected chi connectivity index (χ2v) is 6.84. The number of amidine groups is 1. The molecule has 0 saturated carbocycles. The molecule has 112 valence electrons. The number of para-hydroxylation sites is 1. The molecule has 0 heterocycles. The van der Waals surface area contributed by atoms with Crippen LogP contribution in [-0.4, -0.2) is 17.6 Å². The van der Waals surface area contributed by atoms with Gasteiger partial charge < -0.3 is 16.3 Å². The van der Waals surface area contributed by atoms with Gasteiger partial charge in [0.05, 0.1) is 0 Å². The van der Waals surface area contributed by atoms with Gasteiger partial charge in [0.2, 0.25) is 0 Å². The number of nitrogens with zero attached hydrogens (tertiary/aromatic N) is 1. The van der Waals surface area contributed by atoms with Gasteiger partial charge in [-0.3, -0.25) is 0 Å². The topological polar surface area (TPSA) is 70.6 Å². The molecule has 0 fully saturated rings. The molecule has 0 aliphatic heterocycles. The number of hydrogen-bond acceptors (Lipinski definition) is 3. The largest absolute Gasteiger partial charge is 0.409 e. The Bertz CT molecular complexity index is 473. The number of nitrogens with two attached hydrogens (primary N) is 1. The van der Waals surface area contributed by atoms with Gasteiger partial charge in [0.25, 0.3) is 0 Å². The van der Waals surface area contributed by atoms with Crippen molar-refractivity contribution < 1.29 is 5.21 Å². The summed E-state index contributed by atoms with van der Waals surface area (Å²) in [7, 11) is 0. The maximum Gasteiger partial charge on any atom is 0.144 e. The molecule has 1 rings (SSSR count). The van der Waals surface area contributed by atoms with Crippen LogP contribution in [0, 0.1) is 5.41 Å². The Morgan fingerprint density at radius 1 is 1.20 bits per heavy atom. The molecule has 0 amide bonds. The third-order valence-corrected chi connectivity index (χ3v) is 3.60. The molecule has 1 aromatic carbocycles. The standard InChI is InChI=1S/C16H27N3O/c1-15(2,3)12-8-6-7-9-13(12)18-11-10-16(4,5)14(17)19-20/h6-9,18,20H,10-11H2,1-5H3,(H2,17,19). The lowest BCUT2D eigenvalue weighted by atomic mass is 9.85. The van der Waals surface area contributed by atoms with Gasteiger partial charge >= 0.3 is 0 Å². The first kappa shape index (κ1) is 16.3. The van der Waals surface area contributed by atoms with E-state index in [-0.39, 0.29) is 16.7 Å². The first-order valence-electron chi connectivity index (χ1n) is 7.00. The zero-order valence-electron chi connectivity index (χ0n) is 13.2. The van der Waals surface area contributed by atoms with E-state index in [4.69, 9.17) is 10.9 Å². The van der Waals surface area contributed by atoms with E-state index < -0.39 is 0 Å². The number of benzene rings is 1. The molecule has 0 aromatic heterocycles. The summed E-state index contributed by atoms with van der Waals surface area (Å²) in [5.41, 5.74) is 7.92. The van der Waals surface area contributed by atoms with E-state index in [1.165, 1.54) is 5.56 Å². The van der Waals surface area contributed by atoms with Crippen LogP contribution >= 0.6 is 0 Å². The van der Waals surface area contributed by atoms with E-state index in [9.17, 15) is 0 Å². The second kappa shape index (κ2) is 6.16. The number of anilines is 1. The van der Waals surface area contributed by atoms with Crippen molar-refractivity contribution in [1.29, 1.82) is 0 Å². The predicted octanol–water partition coefficient (Wildman–Crippen LogP) is 3.56. The lowest BCUT2D eigenvalue weighted by molar-refractivity contribution is 0.306. The minimum atomic E-state index is -0.321. The number of oxime groups is 1. The molecule has 4 N–H and O–H groups in total. The van der Waals surface area contributed by atoms with E-state index in [0.717, 1.165) is 18.7 Å². The van der Waals surface area contributed by atoms with E-state index in [2.05, 4.69) is 49.4 Å². The van der Waals surface area contributed by atoms with Gasteiger partial charge in [-0.1, -0.05) is 58.0 Å². The van der Waals surface area contributed by atoms with Crippen LogP contribution < -0.4 is 11.1 Å². The Morgan fingerprint density at radius 2 is 1.80 bits per heavy atom. The molecule has 20 heavy (non-hydrogen) atoms. The zero-order valence-corrected chi connectivity index (χ0v) is 13.2. The molecule has 0 saturated heterocycles. The van der Waals surface area contributed by atoms with Crippen LogP contribution in [0.25, 0.3) is 0 Å². The average molecular weight is 277 g/mol. The number of hydrogen-bond donors (Lipinski definition) is 3. The van der Waals surface area contributed by atoms with E-state index in [1.54, 1.807) is 0 Å². The molecular formula is C16H27N3O. The van der Waals surface area contributed by atoms with E-state index >= 15 is 0 Å². The minimum Gasteiger partial charge on any atom is -0.409 e. The van der Waals surface area contributed by atoms with Crippen molar-refractivity contribution in [2.45, 2.75) is 46.5 Å². The lowest BCUT2D eigenvalue weighted by Crippen LogP contribution is -2.33. The molecule has 0 radical (unpaired) electrons. The summed E-state index contributed by atoms with van der Waals surface area (Å²) in [4.78, 5) is 0. The van der Waals surface area contributed by atoms with Gasteiger partial charge in [-0.05, 0) is 23.5 Å². The first-order valence-corrected chi connectivity index (χ1v) is 7.00. The normalized spacial score (nSPS) is 13.3. The smallest absolute Gasteiger partial charge is 0.144 e. The van der Waals surface area contributed by atoms with Gasteiger partial charge in [0.1, 0.15) is 5.84 Å². The zero-order chi connectivity index (χ0) is 15.4. The maximum atomic E-state index is 8.78. The molecular weight excluding hydrogens is 250 g/mol. The quantitative estimate of drug-likeness (QED) is 0.333. The van der Waals surface area contributed by atoms with Gasteiger partial charge in [-0.25, -0.2) is 0 Å². The molecule has 4 nitrogen and oxygen atoms in total. The van der Waals surface area contributed by atoms with Crippen LogP contribution in [0.5, 0.6) is 0 Å². The molecule has 0 aliphatic rings. The van der Waals surface area contributed by atoms with Crippen molar-refractivity contribution in [2.75, 3.05) is 11.9 Å².